The molecule has 5 nitrogen and oxygen atoms in total. The van der Waals surface area contributed by atoms with Crippen molar-refractivity contribution in [3.8, 4) is 0 Å². The lowest BCUT2D eigenvalue weighted by molar-refractivity contribution is -0.137. The van der Waals surface area contributed by atoms with Gasteiger partial charge in [-0.2, -0.15) is 0 Å². The number of aliphatic carboxylic acids is 1. The van der Waals surface area contributed by atoms with Crippen molar-refractivity contribution in [3.05, 3.63) is 11.1 Å². The molecule has 1 aliphatic heterocycles. The second kappa shape index (κ2) is 3.38. The Morgan fingerprint density at radius 2 is 2.00 bits per heavy atom. The summed E-state index contributed by atoms with van der Waals surface area (Å²) in [4.78, 5) is 32.1. The summed E-state index contributed by atoms with van der Waals surface area (Å²) in [6.45, 7) is 1.51. The summed E-state index contributed by atoms with van der Waals surface area (Å²) in [5.74, 6) is -1.87. The first kappa shape index (κ1) is 9.44. The number of amides is 2. The molecule has 70 valence electrons. The fourth-order valence-corrected chi connectivity index (χ4v) is 1.11. The molecule has 0 unspecified atom stereocenters. The van der Waals surface area contributed by atoms with Crippen LogP contribution in [-0.4, -0.2) is 22.9 Å². The van der Waals surface area contributed by atoms with E-state index in [-0.39, 0.29) is 18.4 Å². The average Bonchev–Trinajstić information content (AvgIpc) is 2.24. The van der Waals surface area contributed by atoms with E-state index in [1.54, 1.807) is 0 Å². The number of carbonyl (C=O) groups is 3. The molecule has 0 aromatic heterocycles. The van der Waals surface area contributed by atoms with Crippen LogP contribution in [0, 0.1) is 0 Å². The molecule has 0 aromatic rings. The van der Waals surface area contributed by atoms with Crippen LogP contribution in [0.4, 0.5) is 0 Å². The van der Waals surface area contributed by atoms with Crippen LogP contribution in [0.2, 0.25) is 0 Å². The van der Waals surface area contributed by atoms with Crippen molar-refractivity contribution in [2.45, 2.75) is 19.8 Å². The average molecular weight is 183 g/mol. The van der Waals surface area contributed by atoms with Crippen LogP contribution in [0.3, 0.4) is 0 Å². The van der Waals surface area contributed by atoms with Crippen LogP contribution in [-0.2, 0) is 14.4 Å². The summed E-state index contributed by atoms with van der Waals surface area (Å²) >= 11 is 0. The van der Waals surface area contributed by atoms with E-state index in [9.17, 15) is 14.4 Å². The standard InChI is InChI=1S/C8H9NO4/c1-4-5(2-3-6(10)11)8(13)9-7(4)12/h2-3H2,1H3,(H,10,11)(H,9,12,13). The molecular formula is C8H9NO4. The number of carbonyl (C=O) groups excluding carboxylic acids is 2. The van der Waals surface area contributed by atoms with Gasteiger partial charge in [0.15, 0.2) is 0 Å². The Balaban J connectivity index is 2.72. The van der Waals surface area contributed by atoms with Gasteiger partial charge in [-0.3, -0.25) is 19.7 Å². The Labute approximate surface area is 74.4 Å². The van der Waals surface area contributed by atoms with Gasteiger partial charge in [0.25, 0.3) is 11.8 Å². The van der Waals surface area contributed by atoms with Crippen molar-refractivity contribution in [2.75, 3.05) is 0 Å². The molecule has 1 rings (SSSR count). The molecule has 0 saturated carbocycles. The molecule has 0 aromatic carbocycles. The van der Waals surface area contributed by atoms with E-state index in [2.05, 4.69) is 5.32 Å². The third-order valence-corrected chi connectivity index (χ3v) is 1.88. The monoisotopic (exact) mass is 183 g/mol. The fraction of sp³-hybridized carbons (Fsp3) is 0.375. The maximum atomic E-state index is 11.0. The molecule has 0 spiro atoms. The van der Waals surface area contributed by atoms with E-state index >= 15 is 0 Å². The first-order valence-corrected chi connectivity index (χ1v) is 3.79. The van der Waals surface area contributed by atoms with Gasteiger partial charge in [-0.25, -0.2) is 0 Å². The molecule has 2 N–H and O–H groups in total. The zero-order chi connectivity index (χ0) is 10.0. The number of imide groups is 1. The molecule has 0 aliphatic carbocycles. The minimum atomic E-state index is -0.979. The van der Waals surface area contributed by atoms with Gasteiger partial charge in [0.05, 0.1) is 0 Å². The summed E-state index contributed by atoms with van der Waals surface area (Å²) in [6.07, 6.45) is -0.0217. The van der Waals surface area contributed by atoms with Crippen LogP contribution in [0.5, 0.6) is 0 Å². The van der Waals surface area contributed by atoms with Crippen molar-refractivity contribution in [3.63, 3.8) is 0 Å². The SMILES string of the molecule is CC1=C(CCC(=O)O)C(=O)NC1=O. The molecule has 2 amide bonds. The second-order valence-corrected chi connectivity index (χ2v) is 2.78. The second-order valence-electron chi connectivity index (χ2n) is 2.78. The number of hydrogen-bond acceptors (Lipinski definition) is 3. The minimum absolute atomic E-state index is 0.110. The molecule has 0 bridgehead atoms. The predicted molar refractivity (Wildman–Crippen MR) is 42.7 cm³/mol. The summed E-state index contributed by atoms with van der Waals surface area (Å²) in [5.41, 5.74) is 0.610. The van der Waals surface area contributed by atoms with Crippen molar-refractivity contribution < 1.29 is 19.5 Å². The van der Waals surface area contributed by atoms with Gasteiger partial charge in [-0.05, 0) is 13.3 Å². The highest BCUT2D eigenvalue weighted by Crippen LogP contribution is 2.16. The van der Waals surface area contributed by atoms with E-state index < -0.39 is 17.8 Å². The number of carboxylic acid groups (broad SMARTS) is 1. The van der Waals surface area contributed by atoms with Gasteiger partial charge in [0.1, 0.15) is 0 Å². The summed E-state index contributed by atoms with van der Waals surface area (Å²) in [5, 5.41) is 10.5. The molecule has 13 heavy (non-hydrogen) atoms. The van der Waals surface area contributed by atoms with Gasteiger partial charge in [0, 0.05) is 17.6 Å². The minimum Gasteiger partial charge on any atom is -0.481 e. The number of nitrogens with one attached hydrogen (secondary N) is 1. The van der Waals surface area contributed by atoms with Crippen molar-refractivity contribution >= 4 is 17.8 Å². The largest absolute Gasteiger partial charge is 0.481 e. The highest BCUT2D eigenvalue weighted by atomic mass is 16.4. The zero-order valence-electron chi connectivity index (χ0n) is 7.09. The van der Waals surface area contributed by atoms with Crippen LogP contribution in [0.15, 0.2) is 11.1 Å². The predicted octanol–water partition coefficient (Wildman–Crippen LogP) is -0.176. The van der Waals surface area contributed by atoms with Gasteiger partial charge in [-0.1, -0.05) is 0 Å². The van der Waals surface area contributed by atoms with Gasteiger partial charge in [-0.15, -0.1) is 0 Å². The molecule has 0 radical (unpaired) electrons. The Morgan fingerprint density at radius 3 is 2.38 bits per heavy atom. The van der Waals surface area contributed by atoms with Crippen LogP contribution < -0.4 is 5.32 Å². The molecule has 1 heterocycles. The van der Waals surface area contributed by atoms with E-state index in [0.29, 0.717) is 5.57 Å². The van der Waals surface area contributed by atoms with Crippen molar-refractivity contribution in [2.24, 2.45) is 0 Å². The first-order chi connectivity index (χ1) is 6.02. The van der Waals surface area contributed by atoms with E-state index in [4.69, 9.17) is 5.11 Å². The lowest BCUT2D eigenvalue weighted by Crippen LogP contribution is -2.23. The van der Waals surface area contributed by atoms with Gasteiger partial charge < -0.3 is 5.11 Å². The third-order valence-electron chi connectivity index (χ3n) is 1.88. The van der Waals surface area contributed by atoms with E-state index in [1.807, 2.05) is 0 Å². The molecule has 0 saturated heterocycles. The lowest BCUT2D eigenvalue weighted by atomic mass is 10.1. The van der Waals surface area contributed by atoms with E-state index in [0.717, 1.165) is 0 Å². The van der Waals surface area contributed by atoms with Crippen LogP contribution in [0.1, 0.15) is 19.8 Å². The third kappa shape index (κ3) is 1.93. The number of hydrogen-bond donors (Lipinski definition) is 2. The quantitative estimate of drug-likeness (QED) is 0.595. The Hall–Kier alpha value is -1.65. The van der Waals surface area contributed by atoms with Crippen LogP contribution >= 0.6 is 0 Å². The topological polar surface area (TPSA) is 83.5 Å². The molecule has 0 fully saturated rings. The Kier molecular flexibility index (Phi) is 2.46. The number of rotatable bonds is 3. The summed E-state index contributed by atoms with van der Waals surface area (Å²) < 4.78 is 0. The number of carboxylic acids is 1. The maximum absolute atomic E-state index is 11.0. The fourth-order valence-electron chi connectivity index (χ4n) is 1.11. The molecule has 5 heteroatoms. The zero-order valence-corrected chi connectivity index (χ0v) is 7.09. The Bertz CT molecular complexity index is 316. The van der Waals surface area contributed by atoms with Crippen molar-refractivity contribution in [1.29, 1.82) is 0 Å². The van der Waals surface area contributed by atoms with Crippen molar-refractivity contribution in [1.82, 2.24) is 5.32 Å². The molecule has 1 aliphatic rings. The molecule has 0 atom stereocenters. The summed E-state index contributed by atoms with van der Waals surface area (Å²) in [6, 6.07) is 0. The van der Waals surface area contributed by atoms with Crippen LogP contribution in [0.25, 0.3) is 0 Å². The van der Waals surface area contributed by atoms with E-state index in [1.165, 1.54) is 6.92 Å². The summed E-state index contributed by atoms with van der Waals surface area (Å²) in [7, 11) is 0. The molecular weight excluding hydrogens is 174 g/mol. The van der Waals surface area contributed by atoms with Gasteiger partial charge in [0.2, 0.25) is 0 Å². The Morgan fingerprint density at radius 1 is 1.38 bits per heavy atom. The van der Waals surface area contributed by atoms with Gasteiger partial charge >= 0.3 is 5.97 Å². The normalized spacial score (nSPS) is 16.4. The first-order valence-electron chi connectivity index (χ1n) is 3.79. The lowest BCUT2D eigenvalue weighted by Gasteiger charge is -1.96. The highest BCUT2D eigenvalue weighted by Gasteiger charge is 2.26. The smallest absolute Gasteiger partial charge is 0.303 e. The highest BCUT2D eigenvalue weighted by molar-refractivity contribution is 6.19. The maximum Gasteiger partial charge on any atom is 0.303 e.